The van der Waals surface area contributed by atoms with E-state index >= 15 is 0 Å². The maximum Gasteiger partial charge on any atom is -0.00258 e. The molecule has 170 valence electrons. The minimum absolute atomic E-state index is 1.03. The van der Waals surface area contributed by atoms with Gasteiger partial charge < -0.3 is 0 Å². The zero-order valence-electron chi connectivity index (χ0n) is 21.9. The largest absolute Gasteiger partial charge is 0.0683 e. The summed E-state index contributed by atoms with van der Waals surface area (Å²) in [7, 11) is 0. The lowest BCUT2D eigenvalue weighted by Crippen LogP contribution is -1.85. The van der Waals surface area contributed by atoms with Crippen LogP contribution in [-0.2, 0) is 6.42 Å². The lowest BCUT2D eigenvalue weighted by molar-refractivity contribution is 1.19. The van der Waals surface area contributed by atoms with Gasteiger partial charge in [0.15, 0.2) is 0 Å². The van der Waals surface area contributed by atoms with Crippen LogP contribution in [0.3, 0.4) is 0 Å². The van der Waals surface area contributed by atoms with Crippen molar-refractivity contribution in [2.75, 3.05) is 0 Å². The van der Waals surface area contributed by atoms with Gasteiger partial charge in [0.1, 0.15) is 0 Å². The van der Waals surface area contributed by atoms with Crippen molar-refractivity contribution >= 4 is 0 Å². The Morgan fingerprint density at radius 2 is 0.600 bits per heavy atom. The molecule has 0 saturated heterocycles. The second kappa shape index (κ2) is 34.2. The molecule has 0 aliphatic rings. The molecule has 3 rings (SSSR count). The van der Waals surface area contributed by atoms with Gasteiger partial charge in [-0.05, 0) is 24.5 Å². The number of benzene rings is 3. The lowest BCUT2D eigenvalue weighted by Gasteiger charge is -2.00. The number of hydrogen-bond donors (Lipinski definition) is 0. The lowest BCUT2D eigenvalue weighted by atomic mass is 10.1. The molecular formula is C30H50. The Labute approximate surface area is 190 Å². The molecule has 3 aromatic rings. The van der Waals surface area contributed by atoms with Gasteiger partial charge in [-0.1, -0.05) is 166 Å². The van der Waals surface area contributed by atoms with Crippen LogP contribution in [0.2, 0.25) is 0 Å². The first kappa shape index (κ1) is 35.1. The summed E-state index contributed by atoms with van der Waals surface area (Å²) in [5.41, 5.74) is 4.06. The van der Waals surface area contributed by atoms with Gasteiger partial charge in [-0.2, -0.15) is 0 Å². The van der Waals surface area contributed by atoms with E-state index in [0.29, 0.717) is 0 Å². The first-order valence-electron chi connectivity index (χ1n) is 11.9. The van der Waals surface area contributed by atoms with Crippen LogP contribution in [0, 0.1) is 6.92 Å². The molecule has 0 atom stereocenters. The average Bonchev–Trinajstić information content (AvgIpc) is 2.88. The van der Waals surface area contributed by atoms with Crippen molar-refractivity contribution in [2.24, 2.45) is 0 Å². The molecule has 0 aliphatic heterocycles. The molecule has 0 N–H and O–H groups in total. The molecule has 0 aromatic heterocycles. The van der Waals surface area contributed by atoms with Gasteiger partial charge in [0.2, 0.25) is 0 Å². The van der Waals surface area contributed by atoms with Crippen LogP contribution in [0.15, 0.2) is 91.0 Å². The summed E-state index contributed by atoms with van der Waals surface area (Å²) in [5.74, 6) is 0. The average molecular weight is 411 g/mol. The maximum atomic E-state index is 2.16. The molecule has 0 aliphatic carbocycles. The summed E-state index contributed by atoms with van der Waals surface area (Å²) < 4.78 is 0. The minimum atomic E-state index is 1.03. The first-order valence-corrected chi connectivity index (χ1v) is 11.9. The van der Waals surface area contributed by atoms with Gasteiger partial charge in [-0.15, -0.1) is 0 Å². The van der Waals surface area contributed by atoms with Crippen molar-refractivity contribution < 1.29 is 0 Å². The van der Waals surface area contributed by atoms with E-state index in [1.165, 1.54) is 16.7 Å². The highest BCUT2D eigenvalue weighted by Gasteiger charge is 1.92. The van der Waals surface area contributed by atoms with Crippen LogP contribution >= 0.6 is 0 Å². The zero-order valence-corrected chi connectivity index (χ0v) is 21.9. The summed E-state index contributed by atoms with van der Waals surface area (Å²) in [6.45, 7) is 22.1. The Morgan fingerprint density at radius 1 is 0.367 bits per heavy atom. The summed E-state index contributed by atoms with van der Waals surface area (Å²) in [6, 6.07) is 31.3. The predicted molar refractivity (Wildman–Crippen MR) is 144 cm³/mol. The molecule has 0 amide bonds. The molecule has 0 saturated carbocycles. The van der Waals surface area contributed by atoms with E-state index in [1.54, 1.807) is 0 Å². The fourth-order valence-corrected chi connectivity index (χ4v) is 1.96. The van der Waals surface area contributed by atoms with Crippen LogP contribution in [0.25, 0.3) is 0 Å². The van der Waals surface area contributed by atoms with Gasteiger partial charge >= 0.3 is 0 Å². The summed E-state index contributed by atoms with van der Waals surface area (Å²) in [5, 5.41) is 0. The normalized spacial score (nSPS) is 7.30. The summed E-state index contributed by atoms with van der Waals surface area (Å²) in [4.78, 5) is 0. The Hall–Kier alpha value is -2.34. The Kier molecular flexibility index (Phi) is 40.0. The SMILES string of the molecule is CC.CC.CC.CC.CC.Cc1ccccc1.c1ccc(Cc2ccccc2)cc1. The Morgan fingerprint density at radius 3 is 0.800 bits per heavy atom. The highest BCUT2D eigenvalue weighted by molar-refractivity contribution is 5.25. The minimum Gasteiger partial charge on any atom is -0.0683 e. The monoisotopic (exact) mass is 410 g/mol. The van der Waals surface area contributed by atoms with Crippen molar-refractivity contribution in [1.82, 2.24) is 0 Å². The summed E-state index contributed by atoms with van der Waals surface area (Å²) in [6.07, 6.45) is 1.03. The van der Waals surface area contributed by atoms with E-state index in [1.807, 2.05) is 87.4 Å². The third-order valence-electron chi connectivity index (χ3n) is 3.03. The van der Waals surface area contributed by atoms with Crippen LogP contribution in [0.5, 0.6) is 0 Å². The number of aryl methyl sites for hydroxylation is 1. The topological polar surface area (TPSA) is 0 Å². The molecule has 0 fully saturated rings. The smallest absolute Gasteiger partial charge is 0.00258 e. The van der Waals surface area contributed by atoms with E-state index in [0.717, 1.165) is 6.42 Å². The van der Waals surface area contributed by atoms with E-state index in [4.69, 9.17) is 0 Å². The molecule has 0 bridgehead atoms. The molecule has 0 heterocycles. The van der Waals surface area contributed by atoms with Gasteiger partial charge in [-0.3, -0.25) is 0 Å². The van der Waals surface area contributed by atoms with Crippen molar-refractivity contribution in [3.05, 3.63) is 108 Å². The third kappa shape index (κ3) is 23.7. The van der Waals surface area contributed by atoms with Crippen LogP contribution in [0.4, 0.5) is 0 Å². The van der Waals surface area contributed by atoms with Crippen LogP contribution in [0.1, 0.15) is 85.9 Å². The predicted octanol–water partition coefficient (Wildman–Crippen LogP) is 10.4. The standard InChI is InChI=1S/C13H12.C7H8.5C2H6/c1-3-7-12(8-4-1)11-13-9-5-2-6-10-13;1-7-5-3-2-4-6-7;5*1-2/h1-10H,11H2;2-6H,1H3;5*1-2H3. The fraction of sp³-hybridized carbons (Fsp3) is 0.400. The molecule has 30 heavy (non-hydrogen) atoms. The number of hydrogen-bond acceptors (Lipinski definition) is 0. The van der Waals surface area contributed by atoms with E-state index < -0.39 is 0 Å². The van der Waals surface area contributed by atoms with Crippen molar-refractivity contribution in [2.45, 2.75) is 82.6 Å². The van der Waals surface area contributed by atoms with Crippen LogP contribution < -0.4 is 0 Å². The van der Waals surface area contributed by atoms with E-state index in [-0.39, 0.29) is 0 Å². The molecule has 3 aromatic carbocycles. The molecule has 0 unspecified atom stereocenters. The molecule has 0 nitrogen and oxygen atoms in total. The highest BCUT2D eigenvalue weighted by atomic mass is 14.0. The maximum absolute atomic E-state index is 2.16. The fourth-order valence-electron chi connectivity index (χ4n) is 1.96. The first-order chi connectivity index (χ1) is 14.8. The molecule has 0 radical (unpaired) electrons. The summed E-state index contributed by atoms with van der Waals surface area (Å²) >= 11 is 0. The highest BCUT2D eigenvalue weighted by Crippen LogP contribution is 2.07. The molecular weight excluding hydrogens is 360 g/mol. The second-order valence-corrected chi connectivity index (χ2v) is 4.80. The van der Waals surface area contributed by atoms with Crippen LogP contribution in [-0.4, -0.2) is 0 Å². The van der Waals surface area contributed by atoms with Crippen molar-refractivity contribution in [3.8, 4) is 0 Å². The van der Waals surface area contributed by atoms with Gasteiger partial charge in [-0.25, -0.2) is 0 Å². The number of rotatable bonds is 2. The quantitative estimate of drug-likeness (QED) is 0.394. The van der Waals surface area contributed by atoms with Crippen molar-refractivity contribution in [1.29, 1.82) is 0 Å². The molecule has 0 spiro atoms. The molecule has 0 heteroatoms. The van der Waals surface area contributed by atoms with Gasteiger partial charge in [0.25, 0.3) is 0 Å². The van der Waals surface area contributed by atoms with Gasteiger partial charge in [0, 0.05) is 0 Å². The zero-order chi connectivity index (χ0) is 24.0. The van der Waals surface area contributed by atoms with E-state index in [2.05, 4.69) is 79.7 Å². The Bertz CT molecular complexity index is 545. The third-order valence-corrected chi connectivity index (χ3v) is 3.03. The van der Waals surface area contributed by atoms with Crippen molar-refractivity contribution in [3.63, 3.8) is 0 Å². The van der Waals surface area contributed by atoms with Gasteiger partial charge in [0.05, 0.1) is 0 Å². The van der Waals surface area contributed by atoms with E-state index in [9.17, 15) is 0 Å². The Balaban J connectivity index is -0.000000170. The second-order valence-electron chi connectivity index (χ2n) is 4.80.